The van der Waals surface area contributed by atoms with Gasteiger partial charge in [-0.1, -0.05) is 5.16 Å². The van der Waals surface area contributed by atoms with Gasteiger partial charge < -0.3 is 15.5 Å². The molecule has 1 aliphatic carbocycles. The third-order valence-electron chi connectivity index (χ3n) is 2.11. The first kappa shape index (κ1) is 7.54. The van der Waals surface area contributed by atoms with Gasteiger partial charge in [-0.2, -0.15) is 0 Å². The van der Waals surface area contributed by atoms with Gasteiger partial charge in [-0.15, -0.1) is 0 Å². The Morgan fingerprint density at radius 3 is 3.00 bits per heavy atom. The molecule has 0 saturated heterocycles. The van der Waals surface area contributed by atoms with Gasteiger partial charge in [0.25, 0.3) is 6.23 Å². The summed E-state index contributed by atoms with van der Waals surface area (Å²) in [6, 6.07) is 0. The fraction of sp³-hybridized carbons (Fsp3) is 0.714. The van der Waals surface area contributed by atoms with Crippen molar-refractivity contribution in [2.75, 3.05) is 6.67 Å². The van der Waals surface area contributed by atoms with Crippen LogP contribution in [-0.4, -0.2) is 29.9 Å². The maximum atomic E-state index is 10.5. The van der Waals surface area contributed by atoms with Crippen LogP contribution in [0.25, 0.3) is 0 Å². The zero-order valence-corrected chi connectivity index (χ0v) is 6.64. The zero-order valence-electron chi connectivity index (χ0n) is 6.64. The first-order valence-corrected chi connectivity index (χ1v) is 4.02. The van der Waals surface area contributed by atoms with Crippen LogP contribution in [-0.2, 0) is 9.63 Å². The lowest BCUT2D eigenvalue weighted by Gasteiger charge is -2.18. The molecule has 5 nitrogen and oxygen atoms in total. The fourth-order valence-electron chi connectivity index (χ4n) is 1.29. The predicted octanol–water partition coefficient (Wildman–Crippen LogP) is -0.517. The molecule has 12 heavy (non-hydrogen) atoms. The van der Waals surface area contributed by atoms with Crippen molar-refractivity contribution >= 4 is 12.1 Å². The van der Waals surface area contributed by atoms with Crippen molar-refractivity contribution in [3.63, 3.8) is 0 Å². The molecular formula is C7H11N3O2. The summed E-state index contributed by atoms with van der Waals surface area (Å²) >= 11 is 0. The summed E-state index contributed by atoms with van der Waals surface area (Å²) in [5.74, 6) is 1.31. The molecule has 66 valence electrons. The Kier molecular flexibility index (Phi) is 1.73. The van der Waals surface area contributed by atoms with Gasteiger partial charge in [-0.25, -0.2) is 0 Å². The average Bonchev–Trinajstić information content (AvgIpc) is 2.85. The second-order valence-corrected chi connectivity index (χ2v) is 3.01. The molecule has 0 aromatic rings. The van der Waals surface area contributed by atoms with Crippen LogP contribution in [0.1, 0.15) is 12.8 Å². The van der Waals surface area contributed by atoms with E-state index < -0.39 is 6.23 Å². The van der Waals surface area contributed by atoms with Crippen molar-refractivity contribution < 1.29 is 9.63 Å². The molecule has 5 heteroatoms. The minimum atomic E-state index is -0.592. The van der Waals surface area contributed by atoms with Crippen LogP contribution in [0, 0.1) is 5.92 Å². The third-order valence-corrected chi connectivity index (χ3v) is 2.11. The normalized spacial score (nSPS) is 28.2. The van der Waals surface area contributed by atoms with Crippen LogP contribution in [0.5, 0.6) is 0 Å². The van der Waals surface area contributed by atoms with Gasteiger partial charge in [-0.05, 0) is 12.8 Å². The minimum absolute atomic E-state index is 0.290. The maximum Gasteiger partial charge on any atom is 0.258 e. The molecule has 0 aromatic carbocycles. The zero-order chi connectivity index (χ0) is 8.55. The highest BCUT2D eigenvalue weighted by atomic mass is 16.7. The van der Waals surface area contributed by atoms with Crippen LogP contribution < -0.4 is 5.73 Å². The molecule has 1 saturated carbocycles. The van der Waals surface area contributed by atoms with E-state index in [9.17, 15) is 4.79 Å². The number of amidine groups is 1. The van der Waals surface area contributed by atoms with E-state index in [4.69, 9.17) is 10.6 Å². The molecule has 0 aromatic heterocycles. The van der Waals surface area contributed by atoms with E-state index in [0.29, 0.717) is 18.9 Å². The van der Waals surface area contributed by atoms with Gasteiger partial charge in [-0.3, -0.25) is 4.79 Å². The highest BCUT2D eigenvalue weighted by molar-refractivity contribution is 5.89. The van der Waals surface area contributed by atoms with Crippen molar-refractivity contribution in [3.8, 4) is 0 Å². The minimum Gasteiger partial charge on any atom is -0.361 e. The summed E-state index contributed by atoms with van der Waals surface area (Å²) in [6.45, 7) is 0.290. The fourth-order valence-corrected chi connectivity index (χ4v) is 1.29. The van der Waals surface area contributed by atoms with Crippen LogP contribution in [0.15, 0.2) is 5.16 Å². The number of nitrogens with zero attached hydrogens (tertiary/aromatic N) is 2. The lowest BCUT2D eigenvalue weighted by Crippen LogP contribution is -2.41. The van der Waals surface area contributed by atoms with E-state index in [2.05, 4.69) is 5.16 Å². The van der Waals surface area contributed by atoms with Gasteiger partial charge in [0.2, 0.25) is 0 Å². The highest BCUT2D eigenvalue weighted by Crippen LogP contribution is 2.34. The summed E-state index contributed by atoms with van der Waals surface area (Å²) in [7, 11) is 0. The molecule has 1 fully saturated rings. The standard InChI is InChI=1S/C7H11N3O2/c8-4-10-6(3-11)12-9-7(10)5-1-2-5/h3,5-6H,1-2,4,8H2. The van der Waals surface area contributed by atoms with Crippen molar-refractivity contribution in [2.45, 2.75) is 19.1 Å². The summed E-state index contributed by atoms with van der Waals surface area (Å²) in [5.41, 5.74) is 5.46. The largest absolute Gasteiger partial charge is 0.361 e. The molecule has 1 heterocycles. The van der Waals surface area contributed by atoms with Gasteiger partial charge in [0.1, 0.15) is 0 Å². The lowest BCUT2D eigenvalue weighted by atomic mass is 10.3. The average molecular weight is 169 g/mol. The molecule has 2 rings (SSSR count). The summed E-state index contributed by atoms with van der Waals surface area (Å²) in [6.07, 6.45) is 2.38. The van der Waals surface area contributed by atoms with Crippen molar-refractivity contribution in [3.05, 3.63) is 0 Å². The molecule has 0 radical (unpaired) electrons. The summed E-state index contributed by atoms with van der Waals surface area (Å²) < 4.78 is 0. The quantitative estimate of drug-likeness (QED) is 0.577. The van der Waals surface area contributed by atoms with Crippen molar-refractivity contribution in [1.29, 1.82) is 0 Å². The number of hydrogen-bond donors (Lipinski definition) is 1. The molecule has 0 amide bonds. The highest BCUT2D eigenvalue weighted by Gasteiger charge is 2.38. The number of carbonyl (C=O) groups excluding carboxylic acids is 1. The topological polar surface area (TPSA) is 67.9 Å². The Morgan fingerprint density at radius 1 is 1.75 bits per heavy atom. The molecule has 1 unspecified atom stereocenters. The molecule has 1 aliphatic heterocycles. The monoisotopic (exact) mass is 169 g/mol. The van der Waals surface area contributed by atoms with E-state index in [1.807, 2.05) is 0 Å². The molecule has 0 bridgehead atoms. The van der Waals surface area contributed by atoms with Gasteiger partial charge in [0, 0.05) is 5.92 Å². The van der Waals surface area contributed by atoms with E-state index in [1.54, 1.807) is 4.90 Å². The predicted molar refractivity (Wildman–Crippen MR) is 42.0 cm³/mol. The Balaban J connectivity index is 2.08. The number of rotatable bonds is 3. The summed E-state index contributed by atoms with van der Waals surface area (Å²) in [5, 5.41) is 3.83. The molecule has 1 atom stereocenters. The number of oxime groups is 1. The van der Waals surface area contributed by atoms with E-state index >= 15 is 0 Å². The van der Waals surface area contributed by atoms with Crippen LogP contribution >= 0.6 is 0 Å². The lowest BCUT2D eigenvalue weighted by molar-refractivity contribution is -0.122. The maximum absolute atomic E-state index is 10.5. The van der Waals surface area contributed by atoms with Gasteiger partial charge >= 0.3 is 0 Å². The smallest absolute Gasteiger partial charge is 0.258 e. The van der Waals surface area contributed by atoms with E-state index in [1.165, 1.54) is 0 Å². The number of hydrogen-bond acceptors (Lipinski definition) is 5. The molecule has 0 spiro atoms. The van der Waals surface area contributed by atoms with Gasteiger partial charge in [0.05, 0.1) is 6.67 Å². The SMILES string of the molecule is NCN1C(C2CC2)=NOC1C=O. The first-order valence-electron chi connectivity index (χ1n) is 4.02. The second kappa shape index (κ2) is 2.75. The number of aldehydes is 1. The molecule has 2 N–H and O–H groups in total. The first-order chi connectivity index (χ1) is 5.86. The van der Waals surface area contributed by atoms with Crippen LogP contribution in [0.3, 0.4) is 0 Å². The molecular weight excluding hydrogens is 158 g/mol. The molecule has 2 aliphatic rings. The Morgan fingerprint density at radius 2 is 2.50 bits per heavy atom. The van der Waals surface area contributed by atoms with E-state index in [0.717, 1.165) is 18.7 Å². The Labute approximate surface area is 70.1 Å². The van der Waals surface area contributed by atoms with Crippen LogP contribution in [0.4, 0.5) is 0 Å². The van der Waals surface area contributed by atoms with Crippen molar-refractivity contribution in [2.24, 2.45) is 16.8 Å². The van der Waals surface area contributed by atoms with E-state index in [-0.39, 0.29) is 0 Å². The Hall–Kier alpha value is -1.10. The van der Waals surface area contributed by atoms with Crippen molar-refractivity contribution in [1.82, 2.24) is 4.90 Å². The van der Waals surface area contributed by atoms with Gasteiger partial charge in [0.15, 0.2) is 12.1 Å². The Bertz CT molecular complexity index is 225. The van der Waals surface area contributed by atoms with Crippen LogP contribution in [0.2, 0.25) is 0 Å². The number of carbonyl (C=O) groups is 1. The number of nitrogens with two attached hydrogens (primary N) is 1. The summed E-state index contributed by atoms with van der Waals surface area (Å²) in [4.78, 5) is 17.1. The third kappa shape index (κ3) is 1.06. The second-order valence-electron chi connectivity index (χ2n) is 3.01.